The number of carbonyl (C=O) groups is 2. The summed E-state index contributed by atoms with van der Waals surface area (Å²) in [6, 6.07) is 14.7. The summed E-state index contributed by atoms with van der Waals surface area (Å²) in [6.07, 6.45) is 3.27. The number of aryl methyl sites for hydroxylation is 1. The molecule has 0 fully saturated rings. The zero-order chi connectivity index (χ0) is 15.2. The van der Waals surface area contributed by atoms with Gasteiger partial charge in [0.15, 0.2) is 5.78 Å². The SMILES string of the molecule is CC(=O)c1cccc(NC(=O)/C=C/c2ccccc2C)c1. The van der Waals surface area contributed by atoms with Gasteiger partial charge in [0.1, 0.15) is 0 Å². The molecule has 2 rings (SSSR count). The zero-order valence-electron chi connectivity index (χ0n) is 12.1. The van der Waals surface area contributed by atoms with Crippen LogP contribution >= 0.6 is 0 Å². The zero-order valence-corrected chi connectivity index (χ0v) is 12.1. The second-order valence-corrected chi connectivity index (χ2v) is 4.82. The number of benzene rings is 2. The molecule has 0 bridgehead atoms. The molecule has 0 atom stereocenters. The first-order chi connectivity index (χ1) is 10.1. The van der Waals surface area contributed by atoms with Crippen molar-refractivity contribution in [3.05, 3.63) is 71.3 Å². The third kappa shape index (κ3) is 4.14. The highest BCUT2D eigenvalue weighted by atomic mass is 16.1. The molecule has 0 saturated heterocycles. The average molecular weight is 279 g/mol. The van der Waals surface area contributed by atoms with Crippen molar-refractivity contribution in [1.82, 2.24) is 0 Å². The minimum absolute atomic E-state index is 0.0263. The highest BCUT2D eigenvalue weighted by Gasteiger charge is 2.02. The third-order valence-corrected chi connectivity index (χ3v) is 3.14. The highest BCUT2D eigenvalue weighted by Crippen LogP contribution is 2.12. The predicted octanol–water partition coefficient (Wildman–Crippen LogP) is 3.85. The van der Waals surface area contributed by atoms with Gasteiger partial charge in [-0.15, -0.1) is 0 Å². The Kier molecular flexibility index (Phi) is 4.67. The molecule has 0 radical (unpaired) electrons. The Morgan fingerprint density at radius 3 is 2.52 bits per heavy atom. The summed E-state index contributed by atoms with van der Waals surface area (Å²) in [4.78, 5) is 23.2. The van der Waals surface area contributed by atoms with Gasteiger partial charge in [0, 0.05) is 17.3 Å². The van der Waals surface area contributed by atoms with Gasteiger partial charge in [-0.3, -0.25) is 9.59 Å². The molecule has 3 heteroatoms. The van der Waals surface area contributed by atoms with E-state index in [0.717, 1.165) is 11.1 Å². The van der Waals surface area contributed by atoms with E-state index in [-0.39, 0.29) is 11.7 Å². The summed E-state index contributed by atoms with van der Waals surface area (Å²) in [5.41, 5.74) is 3.31. The van der Waals surface area contributed by atoms with E-state index in [9.17, 15) is 9.59 Å². The molecule has 106 valence electrons. The molecule has 0 aliphatic rings. The summed E-state index contributed by atoms with van der Waals surface area (Å²) >= 11 is 0. The molecule has 0 saturated carbocycles. The molecule has 2 aromatic carbocycles. The number of amides is 1. The standard InChI is InChI=1S/C18H17NO2/c1-13-6-3-4-7-15(13)10-11-18(21)19-17-9-5-8-16(12-17)14(2)20/h3-12H,1-2H3,(H,19,21)/b11-10+. The van der Waals surface area contributed by atoms with Crippen LogP contribution < -0.4 is 5.32 Å². The molecular formula is C18H17NO2. The van der Waals surface area contributed by atoms with Crippen molar-refractivity contribution in [1.29, 1.82) is 0 Å². The smallest absolute Gasteiger partial charge is 0.248 e. The third-order valence-electron chi connectivity index (χ3n) is 3.14. The van der Waals surface area contributed by atoms with Gasteiger partial charge in [0.2, 0.25) is 5.91 Å². The lowest BCUT2D eigenvalue weighted by Crippen LogP contribution is -2.08. The van der Waals surface area contributed by atoms with E-state index in [2.05, 4.69) is 5.32 Å². The molecule has 0 aliphatic heterocycles. The quantitative estimate of drug-likeness (QED) is 0.682. The van der Waals surface area contributed by atoms with Crippen LogP contribution in [0, 0.1) is 6.92 Å². The van der Waals surface area contributed by atoms with E-state index < -0.39 is 0 Å². The van der Waals surface area contributed by atoms with Gasteiger partial charge in [-0.2, -0.15) is 0 Å². The summed E-state index contributed by atoms with van der Waals surface area (Å²) in [5, 5.41) is 2.75. The maximum Gasteiger partial charge on any atom is 0.248 e. The van der Waals surface area contributed by atoms with Crippen LogP contribution in [-0.4, -0.2) is 11.7 Å². The van der Waals surface area contributed by atoms with Crippen molar-refractivity contribution in [2.45, 2.75) is 13.8 Å². The summed E-state index contributed by atoms with van der Waals surface area (Å²) < 4.78 is 0. The minimum Gasteiger partial charge on any atom is -0.322 e. The first kappa shape index (κ1) is 14.7. The van der Waals surface area contributed by atoms with Crippen LogP contribution in [-0.2, 0) is 4.79 Å². The second-order valence-electron chi connectivity index (χ2n) is 4.82. The summed E-state index contributed by atoms with van der Waals surface area (Å²) in [5.74, 6) is -0.250. The number of rotatable bonds is 4. The Labute approximate surface area is 124 Å². The molecule has 3 nitrogen and oxygen atoms in total. The molecule has 0 unspecified atom stereocenters. The van der Waals surface area contributed by atoms with E-state index in [4.69, 9.17) is 0 Å². The normalized spacial score (nSPS) is 10.6. The van der Waals surface area contributed by atoms with Crippen LogP contribution in [0.1, 0.15) is 28.4 Å². The Bertz CT molecular complexity index is 702. The lowest BCUT2D eigenvalue weighted by Gasteiger charge is -2.04. The van der Waals surface area contributed by atoms with Crippen molar-refractivity contribution >= 4 is 23.5 Å². The molecular weight excluding hydrogens is 262 g/mol. The fourth-order valence-corrected chi connectivity index (χ4v) is 1.94. The molecule has 0 aliphatic carbocycles. The van der Waals surface area contributed by atoms with Gasteiger partial charge in [0.25, 0.3) is 0 Å². The minimum atomic E-state index is -0.223. The van der Waals surface area contributed by atoms with Crippen LogP contribution in [0.4, 0.5) is 5.69 Å². The largest absolute Gasteiger partial charge is 0.322 e. The molecule has 0 aromatic heterocycles. The number of Topliss-reactive ketones (excluding diaryl/α,β-unsaturated/α-hetero) is 1. The van der Waals surface area contributed by atoms with E-state index in [1.807, 2.05) is 31.2 Å². The number of nitrogens with one attached hydrogen (secondary N) is 1. The fraction of sp³-hybridized carbons (Fsp3) is 0.111. The first-order valence-electron chi connectivity index (χ1n) is 6.72. The number of hydrogen-bond donors (Lipinski definition) is 1. The maximum absolute atomic E-state index is 11.9. The fourth-order valence-electron chi connectivity index (χ4n) is 1.94. The van der Waals surface area contributed by atoms with Crippen LogP contribution in [0.25, 0.3) is 6.08 Å². The van der Waals surface area contributed by atoms with Gasteiger partial charge in [-0.25, -0.2) is 0 Å². The van der Waals surface area contributed by atoms with Gasteiger partial charge in [-0.1, -0.05) is 36.4 Å². The Hall–Kier alpha value is -2.68. The van der Waals surface area contributed by atoms with Gasteiger partial charge < -0.3 is 5.32 Å². The summed E-state index contributed by atoms with van der Waals surface area (Å²) in [6.45, 7) is 3.49. The highest BCUT2D eigenvalue weighted by molar-refractivity contribution is 6.03. The molecule has 0 spiro atoms. The van der Waals surface area contributed by atoms with Crippen molar-refractivity contribution in [3.8, 4) is 0 Å². The number of carbonyl (C=O) groups excluding carboxylic acids is 2. The summed E-state index contributed by atoms with van der Waals surface area (Å²) in [7, 11) is 0. The molecule has 1 amide bonds. The van der Waals surface area contributed by atoms with E-state index in [0.29, 0.717) is 11.3 Å². The first-order valence-corrected chi connectivity index (χ1v) is 6.72. The number of ketones is 1. The molecule has 2 aromatic rings. The number of hydrogen-bond acceptors (Lipinski definition) is 2. The molecule has 0 heterocycles. The second kappa shape index (κ2) is 6.66. The van der Waals surface area contributed by atoms with Crippen LogP contribution in [0.5, 0.6) is 0 Å². The lowest BCUT2D eigenvalue weighted by molar-refractivity contribution is -0.111. The van der Waals surface area contributed by atoms with Crippen LogP contribution in [0.2, 0.25) is 0 Å². The topological polar surface area (TPSA) is 46.2 Å². The van der Waals surface area contributed by atoms with Crippen LogP contribution in [0.15, 0.2) is 54.6 Å². The van der Waals surface area contributed by atoms with Gasteiger partial charge in [0.05, 0.1) is 0 Å². The van der Waals surface area contributed by atoms with Gasteiger partial charge in [-0.05, 0) is 43.2 Å². The maximum atomic E-state index is 11.9. The van der Waals surface area contributed by atoms with E-state index in [1.165, 1.54) is 13.0 Å². The Morgan fingerprint density at radius 2 is 1.81 bits per heavy atom. The Morgan fingerprint density at radius 1 is 1.05 bits per heavy atom. The van der Waals surface area contributed by atoms with E-state index >= 15 is 0 Å². The monoisotopic (exact) mass is 279 g/mol. The van der Waals surface area contributed by atoms with Crippen molar-refractivity contribution in [2.24, 2.45) is 0 Å². The molecule has 1 N–H and O–H groups in total. The van der Waals surface area contributed by atoms with Gasteiger partial charge >= 0.3 is 0 Å². The van der Waals surface area contributed by atoms with Crippen molar-refractivity contribution < 1.29 is 9.59 Å². The van der Waals surface area contributed by atoms with E-state index in [1.54, 1.807) is 30.3 Å². The van der Waals surface area contributed by atoms with Crippen molar-refractivity contribution in [2.75, 3.05) is 5.32 Å². The van der Waals surface area contributed by atoms with Crippen molar-refractivity contribution in [3.63, 3.8) is 0 Å². The molecule has 21 heavy (non-hydrogen) atoms. The Balaban J connectivity index is 2.07. The lowest BCUT2D eigenvalue weighted by atomic mass is 10.1. The predicted molar refractivity (Wildman–Crippen MR) is 85.3 cm³/mol. The number of anilines is 1. The average Bonchev–Trinajstić information content (AvgIpc) is 2.46. The van der Waals surface area contributed by atoms with Crippen LogP contribution in [0.3, 0.4) is 0 Å².